The summed E-state index contributed by atoms with van der Waals surface area (Å²) in [5, 5.41) is 10.6. The Hall–Kier alpha value is -1.17. The SMILES string of the molecule is CCOC(=O)C(F)(C(=O)OCC)[C@H]1CC[C@H]2[C@@H]3CC[C@@H]4C[C@](C)(O)CCC4[C@H]3CC[C@]12C. The smallest absolute Gasteiger partial charge is 0.356 e. The first-order valence-corrected chi connectivity index (χ1v) is 12.8. The molecular formula is C26H41FO5. The van der Waals surface area contributed by atoms with E-state index in [2.05, 4.69) is 6.92 Å². The number of hydrogen-bond acceptors (Lipinski definition) is 5. The molecule has 1 unspecified atom stereocenters. The van der Waals surface area contributed by atoms with Crippen molar-refractivity contribution < 1.29 is 28.6 Å². The third kappa shape index (κ3) is 3.69. The summed E-state index contributed by atoms with van der Waals surface area (Å²) in [5.41, 5.74) is -3.69. The summed E-state index contributed by atoms with van der Waals surface area (Å²) >= 11 is 0. The van der Waals surface area contributed by atoms with Crippen LogP contribution in [0, 0.1) is 40.9 Å². The number of carbonyl (C=O) groups is 2. The Morgan fingerprint density at radius 2 is 1.53 bits per heavy atom. The molecule has 4 saturated carbocycles. The van der Waals surface area contributed by atoms with Crippen LogP contribution in [-0.2, 0) is 19.1 Å². The number of aliphatic hydroxyl groups is 1. The van der Waals surface area contributed by atoms with Gasteiger partial charge in [0, 0.05) is 5.92 Å². The van der Waals surface area contributed by atoms with Crippen LogP contribution < -0.4 is 0 Å². The average Bonchev–Trinajstić information content (AvgIpc) is 3.10. The highest BCUT2D eigenvalue weighted by Gasteiger charge is 2.68. The third-order valence-electron chi connectivity index (χ3n) is 9.86. The van der Waals surface area contributed by atoms with Gasteiger partial charge in [-0.25, -0.2) is 14.0 Å². The summed E-state index contributed by atoms with van der Waals surface area (Å²) in [6, 6.07) is 0. The molecule has 6 heteroatoms. The Morgan fingerprint density at radius 3 is 2.16 bits per heavy atom. The van der Waals surface area contributed by atoms with E-state index >= 15 is 4.39 Å². The maximum Gasteiger partial charge on any atom is 0.356 e. The lowest BCUT2D eigenvalue weighted by atomic mass is 9.48. The van der Waals surface area contributed by atoms with Crippen LogP contribution in [0.3, 0.4) is 0 Å². The summed E-state index contributed by atoms with van der Waals surface area (Å²) < 4.78 is 26.6. The first-order chi connectivity index (χ1) is 15.1. The molecule has 0 bridgehead atoms. The van der Waals surface area contributed by atoms with Crippen molar-refractivity contribution in [3.8, 4) is 0 Å². The van der Waals surface area contributed by atoms with Crippen molar-refractivity contribution in [1.82, 2.24) is 0 Å². The molecule has 0 saturated heterocycles. The minimum atomic E-state index is -2.73. The van der Waals surface area contributed by atoms with Crippen molar-refractivity contribution in [3.63, 3.8) is 0 Å². The van der Waals surface area contributed by atoms with Gasteiger partial charge in [-0.1, -0.05) is 6.92 Å². The van der Waals surface area contributed by atoms with Crippen molar-refractivity contribution >= 4 is 11.9 Å². The molecular weight excluding hydrogens is 411 g/mol. The van der Waals surface area contributed by atoms with E-state index in [1.54, 1.807) is 13.8 Å². The summed E-state index contributed by atoms with van der Waals surface area (Å²) in [4.78, 5) is 25.6. The largest absolute Gasteiger partial charge is 0.463 e. The standard InChI is InChI=1S/C26H41FO5/c1-5-31-22(28)26(27,23(29)32-6-2)21-10-9-20-19-8-7-16-15-24(3,30)13-11-17(16)18(19)12-14-25(20,21)4/h16-21,30H,5-15H2,1-4H3/t16-,17?,18-,19-,20+,21+,24-,25+/m1/s1. The van der Waals surface area contributed by atoms with Crippen molar-refractivity contribution in [2.75, 3.05) is 13.2 Å². The molecule has 5 nitrogen and oxygen atoms in total. The third-order valence-corrected chi connectivity index (χ3v) is 9.86. The summed E-state index contributed by atoms with van der Waals surface area (Å²) in [6.45, 7) is 7.42. The van der Waals surface area contributed by atoms with E-state index in [-0.39, 0.29) is 13.2 Å². The number of fused-ring (bicyclic) bond motifs is 5. The number of ether oxygens (including phenoxy) is 2. The minimum Gasteiger partial charge on any atom is -0.463 e. The lowest BCUT2D eigenvalue weighted by Crippen LogP contribution is -2.57. The van der Waals surface area contributed by atoms with Gasteiger partial charge in [0.2, 0.25) is 0 Å². The molecule has 8 atom stereocenters. The highest BCUT2D eigenvalue weighted by Crippen LogP contribution is 2.66. The Morgan fingerprint density at radius 1 is 0.906 bits per heavy atom. The zero-order valence-electron chi connectivity index (χ0n) is 20.2. The topological polar surface area (TPSA) is 72.8 Å². The second-order valence-corrected chi connectivity index (χ2v) is 11.5. The number of hydrogen-bond donors (Lipinski definition) is 1. The summed E-state index contributed by atoms with van der Waals surface area (Å²) in [6.07, 6.45) is 8.26. The van der Waals surface area contributed by atoms with Gasteiger partial charge in [-0.3, -0.25) is 0 Å². The van der Waals surface area contributed by atoms with Gasteiger partial charge in [-0.2, -0.15) is 0 Å². The van der Waals surface area contributed by atoms with Crippen molar-refractivity contribution in [2.24, 2.45) is 40.9 Å². The van der Waals surface area contributed by atoms with Gasteiger partial charge in [0.1, 0.15) is 0 Å². The predicted molar refractivity (Wildman–Crippen MR) is 118 cm³/mol. The van der Waals surface area contributed by atoms with E-state index < -0.39 is 34.5 Å². The highest BCUT2D eigenvalue weighted by atomic mass is 19.1. The van der Waals surface area contributed by atoms with Crippen LogP contribution in [0.5, 0.6) is 0 Å². The first-order valence-electron chi connectivity index (χ1n) is 12.8. The lowest BCUT2D eigenvalue weighted by molar-refractivity contribution is -0.187. The first kappa shape index (κ1) is 24.0. The van der Waals surface area contributed by atoms with Gasteiger partial charge in [-0.05, 0) is 114 Å². The molecule has 0 aromatic carbocycles. The van der Waals surface area contributed by atoms with E-state index in [4.69, 9.17) is 9.47 Å². The van der Waals surface area contributed by atoms with Gasteiger partial charge in [-0.15, -0.1) is 0 Å². The van der Waals surface area contributed by atoms with E-state index in [9.17, 15) is 14.7 Å². The number of halogens is 1. The van der Waals surface area contributed by atoms with Gasteiger partial charge in [0.05, 0.1) is 18.8 Å². The second kappa shape index (κ2) is 8.56. The number of carbonyl (C=O) groups excluding carboxylic acids is 2. The predicted octanol–water partition coefficient (Wildman–Crippen LogP) is 4.84. The molecule has 0 aromatic rings. The van der Waals surface area contributed by atoms with Crippen LogP contribution in [0.2, 0.25) is 0 Å². The van der Waals surface area contributed by atoms with Crippen molar-refractivity contribution in [1.29, 1.82) is 0 Å². The van der Waals surface area contributed by atoms with Crippen LogP contribution in [0.4, 0.5) is 4.39 Å². The lowest BCUT2D eigenvalue weighted by Gasteiger charge is -2.57. The van der Waals surface area contributed by atoms with Crippen LogP contribution >= 0.6 is 0 Å². The van der Waals surface area contributed by atoms with E-state index in [0.717, 1.165) is 51.4 Å². The van der Waals surface area contributed by atoms with Crippen LogP contribution in [0.15, 0.2) is 0 Å². The minimum absolute atomic E-state index is 0.0360. The Labute approximate surface area is 191 Å². The Balaban J connectivity index is 1.59. The number of esters is 2. The Bertz CT molecular complexity index is 718. The summed E-state index contributed by atoms with van der Waals surface area (Å²) in [5.74, 6) is -0.199. The number of alkyl halides is 1. The maximum atomic E-state index is 16.5. The van der Waals surface area contributed by atoms with Gasteiger partial charge >= 0.3 is 17.6 Å². The van der Waals surface area contributed by atoms with Gasteiger partial charge < -0.3 is 14.6 Å². The van der Waals surface area contributed by atoms with E-state index in [1.807, 2.05) is 6.92 Å². The average molecular weight is 453 g/mol. The monoisotopic (exact) mass is 452 g/mol. The van der Waals surface area contributed by atoms with E-state index in [1.165, 1.54) is 0 Å². The van der Waals surface area contributed by atoms with Crippen molar-refractivity contribution in [2.45, 2.75) is 96.8 Å². The fourth-order valence-corrected chi connectivity index (χ4v) is 8.58. The highest BCUT2D eigenvalue weighted by molar-refractivity contribution is 6.04. The maximum absolute atomic E-state index is 16.5. The van der Waals surface area contributed by atoms with E-state index in [0.29, 0.717) is 36.0 Å². The zero-order chi connectivity index (χ0) is 23.3. The molecule has 4 rings (SSSR count). The van der Waals surface area contributed by atoms with Crippen molar-refractivity contribution in [3.05, 3.63) is 0 Å². The molecule has 0 aromatic heterocycles. The molecule has 0 spiro atoms. The fourth-order valence-electron chi connectivity index (χ4n) is 8.58. The molecule has 0 amide bonds. The molecule has 0 radical (unpaired) electrons. The van der Waals surface area contributed by atoms with Crippen LogP contribution in [0.1, 0.15) is 85.5 Å². The van der Waals surface area contributed by atoms with Crippen LogP contribution in [0.25, 0.3) is 0 Å². The van der Waals surface area contributed by atoms with Gasteiger partial charge in [0.15, 0.2) is 0 Å². The molecule has 4 aliphatic carbocycles. The molecule has 0 heterocycles. The normalized spacial score (nSPS) is 43.6. The fraction of sp³-hybridized carbons (Fsp3) is 0.923. The number of rotatable bonds is 5. The molecule has 1 N–H and O–H groups in total. The zero-order valence-corrected chi connectivity index (χ0v) is 20.2. The molecule has 4 fully saturated rings. The molecule has 182 valence electrons. The Kier molecular flexibility index (Phi) is 6.41. The van der Waals surface area contributed by atoms with Gasteiger partial charge in [0.25, 0.3) is 0 Å². The molecule has 4 aliphatic rings. The molecule has 32 heavy (non-hydrogen) atoms. The molecule has 0 aliphatic heterocycles. The summed E-state index contributed by atoms with van der Waals surface area (Å²) in [7, 11) is 0. The quantitative estimate of drug-likeness (QED) is 0.477. The second-order valence-electron chi connectivity index (χ2n) is 11.5. The van der Waals surface area contributed by atoms with Crippen LogP contribution in [-0.4, -0.2) is 41.5 Å².